The number of nitrogens with one attached hydrogen (secondary N) is 2. The van der Waals surface area contributed by atoms with E-state index >= 15 is 0 Å². The van der Waals surface area contributed by atoms with Crippen molar-refractivity contribution in [3.63, 3.8) is 0 Å². The van der Waals surface area contributed by atoms with Crippen molar-refractivity contribution in [2.24, 2.45) is 0 Å². The number of likely N-dealkylation sites (tertiary alicyclic amines) is 1. The highest BCUT2D eigenvalue weighted by molar-refractivity contribution is 5.94. The SMILES string of the molecule is COc1cc2c(Nc3ccc4[nH]c(C)cc4c3)ncnc2cc1OCC=CCN1CCCC1. The lowest BCUT2D eigenvalue weighted by atomic mass is 10.2. The molecule has 5 rings (SSSR count). The van der Waals surface area contributed by atoms with Crippen LogP contribution < -0.4 is 14.8 Å². The average molecular weight is 444 g/mol. The van der Waals surface area contributed by atoms with Gasteiger partial charge in [-0.25, -0.2) is 9.97 Å². The smallest absolute Gasteiger partial charge is 0.163 e. The molecule has 0 amide bonds. The number of ether oxygens (including phenoxy) is 2. The average Bonchev–Trinajstić information content (AvgIpc) is 3.47. The fraction of sp³-hybridized carbons (Fsp3) is 0.308. The first-order chi connectivity index (χ1) is 16.2. The number of hydrogen-bond donors (Lipinski definition) is 2. The summed E-state index contributed by atoms with van der Waals surface area (Å²) in [6.45, 7) is 5.91. The molecule has 0 aliphatic carbocycles. The molecule has 0 unspecified atom stereocenters. The summed E-state index contributed by atoms with van der Waals surface area (Å²) in [5.74, 6) is 2.05. The number of benzene rings is 2. The van der Waals surface area contributed by atoms with E-state index in [-0.39, 0.29) is 0 Å². The summed E-state index contributed by atoms with van der Waals surface area (Å²) in [6, 6.07) is 12.2. The molecular weight excluding hydrogens is 414 g/mol. The maximum absolute atomic E-state index is 5.99. The van der Waals surface area contributed by atoms with Crippen molar-refractivity contribution in [1.29, 1.82) is 0 Å². The van der Waals surface area contributed by atoms with Gasteiger partial charge in [-0.1, -0.05) is 12.2 Å². The molecular formula is C26H29N5O2. The lowest BCUT2D eigenvalue weighted by Crippen LogP contribution is -2.18. The Morgan fingerprint density at radius 2 is 1.94 bits per heavy atom. The Bertz CT molecular complexity index is 1290. The van der Waals surface area contributed by atoms with Crippen LogP contribution in [0, 0.1) is 6.92 Å². The first-order valence-corrected chi connectivity index (χ1v) is 11.4. The molecule has 1 aliphatic heterocycles. The predicted molar refractivity (Wildman–Crippen MR) is 133 cm³/mol. The van der Waals surface area contributed by atoms with Gasteiger partial charge in [-0.15, -0.1) is 0 Å². The third-order valence-electron chi connectivity index (χ3n) is 6.00. The van der Waals surface area contributed by atoms with Crippen LogP contribution in [-0.2, 0) is 0 Å². The number of nitrogens with zero attached hydrogens (tertiary/aromatic N) is 3. The first-order valence-electron chi connectivity index (χ1n) is 11.4. The number of hydrogen-bond acceptors (Lipinski definition) is 6. The van der Waals surface area contributed by atoms with Gasteiger partial charge in [0.25, 0.3) is 0 Å². The van der Waals surface area contributed by atoms with Crippen molar-refractivity contribution in [1.82, 2.24) is 19.9 Å². The Kier molecular flexibility index (Phi) is 6.13. The minimum atomic E-state index is 0.488. The molecule has 33 heavy (non-hydrogen) atoms. The summed E-state index contributed by atoms with van der Waals surface area (Å²) in [6.07, 6.45) is 8.41. The van der Waals surface area contributed by atoms with Crippen LogP contribution in [0.5, 0.6) is 11.5 Å². The number of fused-ring (bicyclic) bond motifs is 2. The summed E-state index contributed by atoms with van der Waals surface area (Å²) >= 11 is 0. The molecule has 1 saturated heterocycles. The molecule has 1 fully saturated rings. The molecule has 7 nitrogen and oxygen atoms in total. The van der Waals surface area contributed by atoms with E-state index in [1.54, 1.807) is 13.4 Å². The highest BCUT2D eigenvalue weighted by Crippen LogP contribution is 2.35. The predicted octanol–water partition coefficient (Wildman–Crippen LogP) is 5.20. The van der Waals surface area contributed by atoms with Crippen LogP contribution >= 0.6 is 0 Å². The van der Waals surface area contributed by atoms with Crippen molar-refractivity contribution in [3.8, 4) is 11.5 Å². The number of aryl methyl sites for hydroxylation is 1. The van der Waals surface area contributed by atoms with E-state index in [1.807, 2.05) is 18.2 Å². The lowest BCUT2D eigenvalue weighted by Gasteiger charge is -2.13. The van der Waals surface area contributed by atoms with Gasteiger partial charge >= 0.3 is 0 Å². The highest BCUT2D eigenvalue weighted by atomic mass is 16.5. The second-order valence-electron chi connectivity index (χ2n) is 8.41. The molecule has 2 aromatic carbocycles. The van der Waals surface area contributed by atoms with Crippen molar-refractivity contribution in [3.05, 3.63) is 60.6 Å². The zero-order valence-corrected chi connectivity index (χ0v) is 19.1. The molecule has 2 N–H and O–H groups in total. The van der Waals surface area contributed by atoms with E-state index in [9.17, 15) is 0 Å². The Labute approximate surface area is 193 Å². The largest absolute Gasteiger partial charge is 0.493 e. The topological polar surface area (TPSA) is 75.3 Å². The monoisotopic (exact) mass is 443 g/mol. The van der Waals surface area contributed by atoms with Gasteiger partial charge < -0.3 is 19.8 Å². The van der Waals surface area contributed by atoms with E-state index in [4.69, 9.17) is 9.47 Å². The van der Waals surface area contributed by atoms with Crippen LogP contribution in [0.2, 0.25) is 0 Å². The van der Waals surface area contributed by atoms with Gasteiger partial charge in [0.2, 0.25) is 0 Å². The lowest BCUT2D eigenvalue weighted by molar-refractivity contribution is 0.325. The standard InChI is InChI=1S/C26H29N5O2/c1-18-13-19-14-20(7-8-22(19)29-18)30-26-21-15-24(32-2)25(16-23(21)27-17-28-26)33-12-6-5-11-31-9-3-4-10-31/h5-8,13-17,29H,3-4,9-12H2,1-2H3,(H,27,28,30). The minimum Gasteiger partial charge on any atom is -0.493 e. The minimum absolute atomic E-state index is 0.488. The zero-order valence-electron chi connectivity index (χ0n) is 19.1. The summed E-state index contributed by atoms with van der Waals surface area (Å²) < 4.78 is 11.6. The normalized spacial score (nSPS) is 14.5. The summed E-state index contributed by atoms with van der Waals surface area (Å²) in [4.78, 5) is 14.7. The second-order valence-corrected chi connectivity index (χ2v) is 8.41. The molecule has 0 radical (unpaired) electrons. The van der Waals surface area contributed by atoms with Crippen LogP contribution in [0.3, 0.4) is 0 Å². The third kappa shape index (κ3) is 4.78. The van der Waals surface area contributed by atoms with E-state index in [0.717, 1.165) is 45.5 Å². The molecule has 0 bridgehead atoms. The molecule has 4 aromatic rings. The van der Waals surface area contributed by atoms with Gasteiger partial charge in [0.1, 0.15) is 18.8 Å². The quantitative estimate of drug-likeness (QED) is 0.365. The van der Waals surface area contributed by atoms with Crippen molar-refractivity contribution in [2.75, 3.05) is 38.7 Å². The molecule has 0 atom stereocenters. The van der Waals surface area contributed by atoms with E-state index in [0.29, 0.717) is 18.1 Å². The molecule has 3 heterocycles. The number of methoxy groups -OCH3 is 1. The zero-order chi connectivity index (χ0) is 22.6. The highest BCUT2D eigenvalue weighted by Gasteiger charge is 2.12. The van der Waals surface area contributed by atoms with Crippen LogP contribution in [0.1, 0.15) is 18.5 Å². The van der Waals surface area contributed by atoms with Gasteiger partial charge in [0.05, 0.1) is 12.6 Å². The van der Waals surface area contributed by atoms with Crippen molar-refractivity contribution < 1.29 is 9.47 Å². The molecule has 7 heteroatoms. The Morgan fingerprint density at radius 3 is 2.79 bits per heavy atom. The van der Waals surface area contributed by atoms with Gasteiger partial charge in [-0.3, -0.25) is 4.90 Å². The third-order valence-corrected chi connectivity index (χ3v) is 6.00. The summed E-state index contributed by atoms with van der Waals surface area (Å²) in [5, 5.41) is 5.45. The molecule has 170 valence electrons. The Balaban J connectivity index is 1.34. The van der Waals surface area contributed by atoms with Crippen LogP contribution in [-0.4, -0.2) is 53.2 Å². The summed E-state index contributed by atoms with van der Waals surface area (Å²) in [5.41, 5.74) is 4.01. The van der Waals surface area contributed by atoms with Crippen LogP contribution in [0.15, 0.2) is 54.9 Å². The maximum Gasteiger partial charge on any atom is 0.163 e. The molecule has 0 saturated carbocycles. The van der Waals surface area contributed by atoms with Crippen molar-refractivity contribution >= 4 is 33.3 Å². The fourth-order valence-electron chi connectivity index (χ4n) is 4.32. The number of rotatable bonds is 8. The van der Waals surface area contributed by atoms with Gasteiger partial charge in [0, 0.05) is 40.3 Å². The van der Waals surface area contributed by atoms with E-state index in [1.165, 1.54) is 25.9 Å². The van der Waals surface area contributed by atoms with Gasteiger partial charge in [0.15, 0.2) is 11.5 Å². The van der Waals surface area contributed by atoms with E-state index in [2.05, 4.69) is 62.4 Å². The summed E-state index contributed by atoms with van der Waals surface area (Å²) in [7, 11) is 1.65. The number of anilines is 2. The second kappa shape index (κ2) is 9.50. The van der Waals surface area contributed by atoms with Crippen molar-refractivity contribution in [2.45, 2.75) is 19.8 Å². The van der Waals surface area contributed by atoms with Gasteiger partial charge in [-0.2, -0.15) is 0 Å². The Morgan fingerprint density at radius 1 is 1.06 bits per heavy atom. The molecule has 1 aliphatic rings. The Hall–Kier alpha value is -3.58. The molecule has 2 aromatic heterocycles. The number of aromatic nitrogens is 3. The fourth-order valence-corrected chi connectivity index (χ4v) is 4.32. The van der Waals surface area contributed by atoms with Crippen LogP contribution in [0.25, 0.3) is 21.8 Å². The maximum atomic E-state index is 5.99. The van der Waals surface area contributed by atoms with Gasteiger partial charge in [-0.05, 0) is 63.2 Å². The van der Waals surface area contributed by atoms with E-state index < -0.39 is 0 Å². The van der Waals surface area contributed by atoms with Crippen LogP contribution in [0.4, 0.5) is 11.5 Å². The first kappa shape index (κ1) is 21.3. The number of H-pyrrole nitrogens is 1. The molecule has 0 spiro atoms. The number of aromatic amines is 1.